The van der Waals surface area contributed by atoms with E-state index in [0.29, 0.717) is 5.11 Å². The molecule has 0 aliphatic heterocycles. The molecular formula is C17H17BrN2S. The lowest BCUT2D eigenvalue weighted by atomic mass is 10.1. The summed E-state index contributed by atoms with van der Waals surface area (Å²) in [5.41, 5.74) is 6.45. The van der Waals surface area contributed by atoms with Crippen LogP contribution in [0.2, 0.25) is 0 Å². The minimum absolute atomic E-state index is 0.690. The highest BCUT2D eigenvalue weighted by Gasteiger charge is 2.18. The van der Waals surface area contributed by atoms with Crippen molar-refractivity contribution in [3.05, 3.63) is 52.0 Å². The molecule has 2 nitrogen and oxygen atoms in total. The summed E-state index contributed by atoms with van der Waals surface area (Å²) in [4.78, 5) is 0. The van der Waals surface area contributed by atoms with E-state index >= 15 is 0 Å². The lowest BCUT2D eigenvalue weighted by Gasteiger charge is -2.11. The first kappa shape index (κ1) is 14.5. The lowest BCUT2D eigenvalue weighted by Crippen LogP contribution is -2.28. The third kappa shape index (κ3) is 3.11. The van der Waals surface area contributed by atoms with E-state index in [9.17, 15) is 0 Å². The molecule has 0 radical (unpaired) electrons. The average molecular weight is 361 g/mol. The molecule has 0 unspecified atom stereocenters. The number of thiocarbonyl (C=S) groups is 1. The van der Waals surface area contributed by atoms with Crippen LogP contribution in [0, 0.1) is 0 Å². The smallest absolute Gasteiger partial charge is 0.170 e. The summed E-state index contributed by atoms with van der Waals surface area (Å²) in [7, 11) is 0. The summed E-state index contributed by atoms with van der Waals surface area (Å²) in [6.07, 6.45) is 2.05. The van der Waals surface area contributed by atoms with Crippen LogP contribution in [-0.2, 0) is 6.42 Å². The van der Waals surface area contributed by atoms with Crippen LogP contribution in [0.15, 0.2) is 40.9 Å². The number of halogens is 1. The highest BCUT2D eigenvalue weighted by atomic mass is 79.9. The van der Waals surface area contributed by atoms with Gasteiger partial charge in [0.05, 0.1) is 0 Å². The Morgan fingerprint density at radius 1 is 1.14 bits per heavy atom. The number of hydrogen-bond acceptors (Lipinski definition) is 1. The van der Waals surface area contributed by atoms with Crippen LogP contribution in [0.1, 0.15) is 24.5 Å². The molecule has 108 valence electrons. The molecule has 0 aromatic heterocycles. The van der Waals surface area contributed by atoms with Crippen LogP contribution >= 0.6 is 28.1 Å². The second-order valence-corrected chi connectivity index (χ2v) is 6.55. The van der Waals surface area contributed by atoms with Gasteiger partial charge in [-0.1, -0.05) is 35.0 Å². The largest absolute Gasteiger partial charge is 0.362 e. The fourth-order valence-electron chi connectivity index (χ4n) is 2.67. The molecule has 2 aromatic carbocycles. The zero-order chi connectivity index (χ0) is 14.8. The SMILES string of the molecule is CCCNC(=S)Nc1ccc2c(c1)Cc1cc(Br)ccc1-2. The minimum Gasteiger partial charge on any atom is -0.362 e. The Kier molecular flexibility index (Phi) is 4.27. The van der Waals surface area contributed by atoms with Gasteiger partial charge in [0.15, 0.2) is 5.11 Å². The Hall–Kier alpha value is -1.39. The van der Waals surface area contributed by atoms with Gasteiger partial charge in [0.2, 0.25) is 0 Å². The standard InChI is InChI=1S/C17H17BrN2S/c1-2-7-19-17(21)20-14-4-6-16-12(10-14)8-11-9-13(18)3-5-15(11)16/h3-6,9-10H,2,7-8H2,1H3,(H2,19,20,21). The summed E-state index contributed by atoms with van der Waals surface area (Å²) >= 11 is 8.83. The maximum atomic E-state index is 5.29. The van der Waals surface area contributed by atoms with Gasteiger partial charge in [0.25, 0.3) is 0 Å². The molecule has 4 heteroatoms. The molecule has 0 fully saturated rings. The molecule has 1 aliphatic rings. The number of anilines is 1. The predicted molar refractivity (Wildman–Crippen MR) is 96.9 cm³/mol. The molecule has 0 amide bonds. The molecule has 0 atom stereocenters. The Labute approximate surface area is 139 Å². The summed E-state index contributed by atoms with van der Waals surface area (Å²) in [5.74, 6) is 0. The summed E-state index contributed by atoms with van der Waals surface area (Å²) in [6, 6.07) is 13.0. The molecule has 0 saturated carbocycles. The van der Waals surface area contributed by atoms with Crippen molar-refractivity contribution in [3.63, 3.8) is 0 Å². The summed E-state index contributed by atoms with van der Waals surface area (Å²) in [6.45, 7) is 3.02. The van der Waals surface area contributed by atoms with Crippen molar-refractivity contribution in [1.29, 1.82) is 0 Å². The van der Waals surface area contributed by atoms with Gasteiger partial charge >= 0.3 is 0 Å². The molecule has 0 heterocycles. The van der Waals surface area contributed by atoms with Crippen molar-refractivity contribution in [2.45, 2.75) is 19.8 Å². The number of rotatable bonds is 3. The molecule has 0 spiro atoms. The molecular weight excluding hydrogens is 344 g/mol. The van der Waals surface area contributed by atoms with Crippen molar-refractivity contribution in [1.82, 2.24) is 5.32 Å². The molecule has 1 aliphatic carbocycles. The van der Waals surface area contributed by atoms with Crippen molar-refractivity contribution in [3.8, 4) is 11.1 Å². The van der Waals surface area contributed by atoms with Crippen LogP contribution < -0.4 is 10.6 Å². The first-order valence-corrected chi connectivity index (χ1v) is 8.34. The normalized spacial score (nSPS) is 11.7. The maximum absolute atomic E-state index is 5.29. The van der Waals surface area contributed by atoms with Crippen LogP contribution in [0.25, 0.3) is 11.1 Å². The van der Waals surface area contributed by atoms with E-state index < -0.39 is 0 Å². The predicted octanol–water partition coefficient (Wildman–Crippen LogP) is 4.72. The Morgan fingerprint density at radius 3 is 2.62 bits per heavy atom. The quantitative estimate of drug-likeness (QED) is 0.661. The van der Waals surface area contributed by atoms with E-state index in [1.807, 2.05) is 0 Å². The van der Waals surface area contributed by atoms with E-state index in [0.717, 1.165) is 29.5 Å². The van der Waals surface area contributed by atoms with Crippen molar-refractivity contribution < 1.29 is 0 Å². The number of benzene rings is 2. The van der Waals surface area contributed by atoms with Gasteiger partial charge in [-0.2, -0.15) is 0 Å². The zero-order valence-electron chi connectivity index (χ0n) is 11.9. The van der Waals surface area contributed by atoms with Crippen molar-refractivity contribution >= 4 is 38.9 Å². The van der Waals surface area contributed by atoms with E-state index in [2.05, 4.69) is 69.9 Å². The molecule has 0 saturated heterocycles. The van der Waals surface area contributed by atoms with E-state index in [1.165, 1.54) is 22.3 Å². The molecule has 3 rings (SSSR count). The number of hydrogen-bond donors (Lipinski definition) is 2. The highest BCUT2D eigenvalue weighted by Crippen LogP contribution is 2.38. The fraction of sp³-hybridized carbons (Fsp3) is 0.235. The van der Waals surface area contributed by atoms with Crippen LogP contribution in [0.5, 0.6) is 0 Å². The van der Waals surface area contributed by atoms with Gasteiger partial charge in [0.1, 0.15) is 0 Å². The average Bonchev–Trinajstić information content (AvgIpc) is 2.81. The highest BCUT2D eigenvalue weighted by molar-refractivity contribution is 9.10. The fourth-order valence-corrected chi connectivity index (χ4v) is 3.30. The zero-order valence-corrected chi connectivity index (χ0v) is 14.3. The second kappa shape index (κ2) is 6.16. The molecule has 2 aromatic rings. The van der Waals surface area contributed by atoms with Gasteiger partial charge in [-0.25, -0.2) is 0 Å². The van der Waals surface area contributed by atoms with Gasteiger partial charge in [-0.05, 0) is 71.6 Å². The Morgan fingerprint density at radius 2 is 1.86 bits per heavy atom. The van der Waals surface area contributed by atoms with Gasteiger partial charge < -0.3 is 10.6 Å². The number of fused-ring (bicyclic) bond motifs is 3. The van der Waals surface area contributed by atoms with Gasteiger partial charge in [-0.3, -0.25) is 0 Å². The van der Waals surface area contributed by atoms with Gasteiger partial charge in [0, 0.05) is 16.7 Å². The van der Waals surface area contributed by atoms with E-state index in [4.69, 9.17) is 12.2 Å². The van der Waals surface area contributed by atoms with Crippen LogP contribution in [-0.4, -0.2) is 11.7 Å². The minimum atomic E-state index is 0.690. The summed E-state index contributed by atoms with van der Waals surface area (Å²) in [5, 5.41) is 7.13. The molecule has 2 N–H and O–H groups in total. The third-order valence-electron chi connectivity index (χ3n) is 3.64. The topological polar surface area (TPSA) is 24.1 Å². The molecule has 0 bridgehead atoms. The van der Waals surface area contributed by atoms with Gasteiger partial charge in [-0.15, -0.1) is 0 Å². The van der Waals surface area contributed by atoms with E-state index in [1.54, 1.807) is 0 Å². The maximum Gasteiger partial charge on any atom is 0.170 e. The Bertz CT molecular complexity index is 697. The van der Waals surface area contributed by atoms with Crippen LogP contribution in [0.4, 0.5) is 5.69 Å². The van der Waals surface area contributed by atoms with Crippen LogP contribution in [0.3, 0.4) is 0 Å². The first-order chi connectivity index (χ1) is 10.2. The first-order valence-electron chi connectivity index (χ1n) is 7.14. The lowest BCUT2D eigenvalue weighted by molar-refractivity contribution is 0.846. The molecule has 21 heavy (non-hydrogen) atoms. The number of nitrogens with one attached hydrogen (secondary N) is 2. The second-order valence-electron chi connectivity index (χ2n) is 5.23. The third-order valence-corrected chi connectivity index (χ3v) is 4.38. The van der Waals surface area contributed by atoms with E-state index in [-0.39, 0.29) is 0 Å². The Balaban J connectivity index is 1.80. The monoisotopic (exact) mass is 360 g/mol. The summed E-state index contributed by atoms with van der Waals surface area (Å²) < 4.78 is 1.14. The van der Waals surface area contributed by atoms with Crippen molar-refractivity contribution in [2.75, 3.05) is 11.9 Å². The van der Waals surface area contributed by atoms with Crippen molar-refractivity contribution in [2.24, 2.45) is 0 Å².